The first-order valence-electron chi connectivity index (χ1n) is 13.8. The second-order valence-corrected chi connectivity index (χ2v) is 12.6. The van der Waals surface area contributed by atoms with Crippen molar-refractivity contribution in [1.29, 1.82) is 0 Å². The largest absolute Gasteiger partial charge is 0.486 e. The molecule has 4 rings (SSSR count). The lowest BCUT2D eigenvalue weighted by molar-refractivity contribution is -0.140. The second-order valence-electron chi connectivity index (χ2n) is 10.3. The summed E-state index contributed by atoms with van der Waals surface area (Å²) in [5.41, 5.74) is 1.81. The summed E-state index contributed by atoms with van der Waals surface area (Å²) in [6.45, 7) is 4.09. The van der Waals surface area contributed by atoms with E-state index in [4.69, 9.17) is 21.1 Å². The van der Waals surface area contributed by atoms with Crippen LogP contribution in [0.3, 0.4) is 0 Å². The van der Waals surface area contributed by atoms with Gasteiger partial charge in [-0.05, 0) is 48.7 Å². The minimum absolute atomic E-state index is 0.0452. The Balaban J connectivity index is 1.73. The van der Waals surface area contributed by atoms with Gasteiger partial charge in [-0.25, -0.2) is 8.42 Å². The maximum atomic E-state index is 14.2. The molecule has 3 aromatic carbocycles. The fourth-order valence-corrected chi connectivity index (χ4v) is 5.68. The van der Waals surface area contributed by atoms with Gasteiger partial charge in [0.15, 0.2) is 11.5 Å². The van der Waals surface area contributed by atoms with Crippen LogP contribution < -0.4 is 19.1 Å². The van der Waals surface area contributed by atoms with Gasteiger partial charge in [-0.2, -0.15) is 0 Å². The van der Waals surface area contributed by atoms with Crippen LogP contribution in [0.1, 0.15) is 31.4 Å². The number of carbonyl (C=O) groups excluding carboxylic acids is 2. The third-order valence-electron chi connectivity index (χ3n) is 7.01. The molecule has 2 atom stereocenters. The van der Waals surface area contributed by atoms with Crippen LogP contribution in [0, 0.1) is 0 Å². The summed E-state index contributed by atoms with van der Waals surface area (Å²) >= 11 is 6.26. The van der Waals surface area contributed by atoms with Crippen LogP contribution in [0.4, 0.5) is 5.69 Å². The van der Waals surface area contributed by atoms with Crippen molar-refractivity contribution in [3.8, 4) is 11.5 Å². The van der Waals surface area contributed by atoms with Gasteiger partial charge < -0.3 is 19.7 Å². The van der Waals surface area contributed by atoms with Crippen LogP contribution in [0.25, 0.3) is 0 Å². The van der Waals surface area contributed by atoms with Crippen molar-refractivity contribution in [2.24, 2.45) is 0 Å². The number of anilines is 1. The Morgan fingerprint density at radius 2 is 1.64 bits per heavy atom. The quantitative estimate of drug-likeness (QED) is 0.324. The molecule has 0 aliphatic carbocycles. The van der Waals surface area contributed by atoms with Crippen molar-refractivity contribution in [1.82, 2.24) is 10.2 Å². The van der Waals surface area contributed by atoms with Crippen molar-refractivity contribution in [3.63, 3.8) is 0 Å². The standard InChI is InChI=1S/C31H36ClN3O6S/c1-4-22(2)33-31(37)27(18-23-9-6-5-7-10-23)34(20-24-11-8-12-25(32)17-24)30(36)21-35(42(3,38)39)26-13-14-28-29(19-26)41-16-15-40-28/h5-14,17,19,22,27H,4,15-16,18,20-21H2,1-3H3,(H,33,37). The van der Waals surface area contributed by atoms with Crippen LogP contribution in [0.2, 0.25) is 5.02 Å². The lowest BCUT2D eigenvalue weighted by Crippen LogP contribution is -2.54. The molecule has 0 saturated heterocycles. The molecule has 0 radical (unpaired) electrons. The molecule has 3 aromatic rings. The molecule has 0 fully saturated rings. The maximum Gasteiger partial charge on any atom is 0.244 e. The van der Waals surface area contributed by atoms with Gasteiger partial charge in [0.25, 0.3) is 0 Å². The van der Waals surface area contributed by atoms with E-state index in [9.17, 15) is 18.0 Å². The molecule has 42 heavy (non-hydrogen) atoms. The van der Waals surface area contributed by atoms with E-state index in [-0.39, 0.29) is 30.6 Å². The van der Waals surface area contributed by atoms with E-state index < -0.39 is 28.5 Å². The number of sulfonamides is 1. The number of fused-ring (bicyclic) bond motifs is 1. The highest BCUT2D eigenvalue weighted by Crippen LogP contribution is 2.35. The van der Waals surface area contributed by atoms with Crippen LogP contribution in [-0.2, 0) is 32.6 Å². The molecule has 224 valence electrons. The third-order valence-corrected chi connectivity index (χ3v) is 8.38. The Morgan fingerprint density at radius 1 is 0.952 bits per heavy atom. The SMILES string of the molecule is CCC(C)NC(=O)C(Cc1ccccc1)N(Cc1cccc(Cl)c1)C(=O)CN(c1ccc2c(c1)OCCO2)S(C)(=O)=O. The molecular weight excluding hydrogens is 578 g/mol. The molecule has 1 heterocycles. The van der Waals surface area contributed by atoms with E-state index in [1.165, 1.54) is 4.90 Å². The van der Waals surface area contributed by atoms with Gasteiger partial charge in [-0.1, -0.05) is 61.0 Å². The van der Waals surface area contributed by atoms with E-state index in [0.29, 0.717) is 41.7 Å². The average Bonchev–Trinajstić information content (AvgIpc) is 2.97. The molecular formula is C31H36ClN3O6S. The van der Waals surface area contributed by atoms with Gasteiger partial charge in [0.2, 0.25) is 21.8 Å². The monoisotopic (exact) mass is 613 g/mol. The predicted octanol–water partition coefficient (Wildman–Crippen LogP) is 4.43. The van der Waals surface area contributed by atoms with Crippen molar-refractivity contribution < 1.29 is 27.5 Å². The minimum Gasteiger partial charge on any atom is -0.486 e. The molecule has 0 saturated carbocycles. The first-order valence-corrected chi connectivity index (χ1v) is 16.0. The van der Waals surface area contributed by atoms with Crippen LogP contribution in [-0.4, -0.2) is 63.2 Å². The molecule has 0 bridgehead atoms. The Hall–Kier alpha value is -3.76. The minimum atomic E-state index is -3.91. The number of carbonyl (C=O) groups is 2. The van der Waals surface area contributed by atoms with E-state index in [2.05, 4.69) is 5.32 Å². The van der Waals surface area contributed by atoms with Gasteiger partial charge >= 0.3 is 0 Å². The number of nitrogens with zero attached hydrogens (tertiary/aromatic N) is 2. The fraction of sp³-hybridized carbons (Fsp3) is 0.355. The van der Waals surface area contributed by atoms with E-state index in [0.717, 1.165) is 16.1 Å². The average molecular weight is 614 g/mol. The summed E-state index contributed by atoms with van der Waals surface area (Å²) in [7, 11) is -3.91. The second kappa shape index (κ2) is 13.9. The van der Waals surface area contributed by atoms with Crippen LogP contribution in [0.15, 0.2) is 72.8 Å². The number of benzene rings is 3. The van der Waals surface area contributed by atoms with Gasteiger partial charge in [-0.3, -0.25) is 13.9 Å². The maximum absolute atomic E-state index is 14.2. The molecule has 1 aliphatic heterocycles. The van der Waals surface area contributed by atoms with Crippen molar-refractivity contribution in [3.05, 3.63) is 88.9 Å². The van der Waals surface area contributed by atoms with Gasteiger partial charge in [0.1, 0.15) is 25.8 Å². The normalized spacial score (nSPS) is 14.0. The zero-order valence-electron chi connectivity index (χ0n) is 24.0. The van der Waals surface area contributed by atoms with Crippen molar-refractivity contribution in [2.75, 3.05) is 30.3 Å². The molecule has 1 aliphatic rings. The van der Waals surface area contributed by atoms with E-state index >= 15 is 0 Å². The Kier molecular flexibility index (Phi) is 10.3. The summed E-state index contributed by atoms with van der Waals surface area (Å²) < 4.78 is 38.3. The molecule has 2 amide bonds. The molecule has 1 N–H and O–H groups in total. The molecule has 9 nitrogen and oxygen atoms in total. The zero-order chi connectivity index (χ0) is 30.3. The number of hydrogen-bond acceptors (Lipinski definition) is 6. The molecule has 0 spiro atoms. The Morgan fingerprint density at radius 3 is 2.31 bits per heavy atom. The van der Waals surface area contributed by atoms with Crippen molar-refractivity contribution in [2.45, 2.75) is 45.3 Å². The van der Waals surface area contributed by atoms with Crippen LogP contribution >= 0.6 is 11.6 Å². The highest BCUT2D eigenvalue weighted by molar-refractivity contribution is 7.92. The number of rotatable bonds is 12. The van der Waals surface area contributed by atoms with Gasteiger partial charge in [0.05, 0.1) is 11.9 Å². The predicted molar refractivity (Wildman–Crippen MR) is 163 cm³/mol. The number of nitrogens with one attached hydrogen (secondary N) is 1. The number of hydrogen-bond donors (Lipinski definition) is 1. The lowest BCUT2D eigenvalue weighted by Gasteiger charge is -2.34. The van der Waals surface area contributed by atoms with Gasteiger partial charge in [0, 0.05) is 30.1 Å². The topological polar surface area (TPSA) is 105 Å². The van der Waals surface area contributed by atoms with Crippen LogP contribution in [0.5, 0.6) is 11.5 Å². The number of ether oxygens (including phenoxy) is 2. The molecule has 11 heteroatoms. The summed E-state index contributed by atoms with van der Waals surface area (Å²) in [5, 5.41) is 3.49. The summed E-state index contributed by atoms with van der Waals surface area (Å²) in [6.07, 6.45) is 1.98. The smallest absolute Gasteiger partial charge is 0.244 e. The summed E-state index contributed by atoms with van der Waals surface area (Å²) in [5.74, 6) is 0.0202. The lowest BCUT2D eigenvalue weighted by atomic mass is 10.0. The van der Waals surface area contributed by atoms with Crippen molar-refractivity contribution >= 4 is 39.1 Å². The highest BCUT2D eigenvalue weighted by Gasteiger charge is 2.33. The van der Waals surface area contributed by atoms with E-state index in [1.54, 1.807) is 36.4 Å². The Bertz CT molecular complexity index is 1500. The summed E-state index contributed by atoms with van der Waals surface area (Å²) in [6, 6.07) is 20.1. The molecule has 0 aromatic heterocycles. The molecule has 2 unspecified atom stereocenters. The highest BCUT2D eigenvalue weighted by atomic mass is 35.5. The zero-order valence-corrected chi connectivity index (χ0v) is 25.5. The Labute approximate surface area is 252 Å². The van der Waals surface area contributed by atoms with E-state index in [1.807, 2.05) is 50.2 Å². The number of halogens is 1. The first kappa shape index (κ1) is 31.2. The fourth-order valence-electron chi connectivity index (χ4n) is 4.63. The summed E-state index contributed by atoms with van der Waals surface area (Å²) in [4.78, 5) is 29.4. The first-order chi connectivity index (χ1) is 20.0. The third kappa shape index (κ3) is 8.17. The van der Waals surface area contributed by atoms with Gasteiger partial charge in [-0.15, -0.1) is 0 Å². The number of amides is 2.